The zero-order valence-corrected chi connectivity index (χ0v) is 38.0. The lowest BCUT2D eigenvalue weighted by molar-refractivity contribution is -0.383. The van der Waals surface area contributed by atoms with E-state index in [1.54, 1.807) is 13.8 Å². The van der Waals surface area contributed by atoms with Gasteiger partial charge in [0.25, 0.3) is 0 Å². The van der Waals surface area contributed by atoms with Crippen LogP contribution in [0.25, 0.3) is 0 Å². The number of hydrogen-bond acceptors (Lipinski definition) is 11. The molecule has 0 aromatic heterocycles. The van der Waals surface area contributed by atoms with Gasteiger partial charge in [-0.3, -0.25) is 0 Å². The van der Waals surface area contributed by atoms with Crippen molar-refractivity contribution in [2.45, 2.75) is 134 Å². The quantitative estimate of drug-likeness (QED) is 0.0656. The molecular formula is C54H66O11. The third-order valence-electron chi connectivity index (χ3n) is 12.0. The van der Waals surface area contributed by atoms with E-state index in [4.69, 9.17) is 42.6 Å². The van der Waals surface area contributed by atoms with E-state index in [2.05, 4.69) is 0 Å². The van der Waals surface area contributed by atoms with Gasteiger partial charge in [-0.2, -0.15) is 0 Å². The first-order valence-electron chi connectivity index (χ1n) is 22.9. The fourth-order valence-corrected chi connectivity index (χ4v) is 8.13. The van der Waals surface area contributed by atoms with Crippen LogP contribution in [-0.2, 0) is 75.7 Å². The molecule has 2 aliphatic rings. The van der Waals surface area contributed by atoms with E-state index in [1.807, 2.05) is 166 Å². The molecule has 2 saturated heterocycles. The van der Waals surface area contributed by atoms with Crippen molar-refractivity contribution >= 4 is 0 Å². The average molecular weight is 891 g/mol. The molecular weight excluding hydrogens is 825 g/mol. The van der Waals surface area contributed by atoms with Gasteiger partial charge in [0, 0.05) is 5.92 Å². The van der Waals surface area contributed by atoms with Crippen molar-refractivity contribution in [2.24, 2.45) is 5.92 Å². The van der Waals surface area contributed by atoms with Crippen LogP contribution >= 0.6 is 0 Å². The highest BCUT2D eigenvalue weighted by Crippen LogP contribution is 2.38. The highest BCUT2D eigenvalue weighted by molar-refractivity contribution is 5.17. The molecule has 5 aromatic rings. The van der Waals surface area contributed by atoms with Crippen LogP contribution in [0.3, 0.4) is 0 Å². The Morgan fingerprint density at radius 3 is 1.32 bits per heavy atom. The summed E-state index contributed by atoms with van der Waals surface area (Å²) in [7, 11) is 0. The predicted octanol–water partition coefficient (Wildman–Crippen LogP) is 8.57. The van der Waals surface area contributed by atoms with Crippen molar-refractivity contribution in [3.8, 4) is 0 Å². The van der Waals surface area contributed by atoms with Gasteiger partial charge in [0.15, 0.2) is 12.6 Å². The molecule has 11 nitrogen and oxygen atoms in total. The van der Waals surface area contributed by atoms with Crippen LogP contribution < -0.4 is 0 Å². The highest BCUT2D eigenvalue weighted by atomic mass is 16.8. The van der Waals surface area contributed by atoms with Crippen LogP contribution in [0, 0.1) is 5.92 Å². The average Bonchev–Trinajstić information content (AvgIpc) is 3.33. The second kappa shape index (κ2) is 24.4. The Labute approximate surface area is 384 Å². The van der Waals surface area contributed by atoms with Gasteiger partial charge in [-0.05, 0) is 48.1 Å². The largest absolute Gasteiger partial charge is 0.388 e. The van der Waals surface area contributed by atoms with E-state index >= 15 is 0 Å². The van der Waals surface area contributed by atoms with Crippen LogP contribution in [0.1, 0.15) is 61.9 Å². The number of aliphatic hydroxyl groups excluding tert-OH is 1. The summed E-state index contributed by atoms with van der Waals surface area (Å²) in [5, 5.41) is 21.6. The number of rotatable bonds is 23. The second-order valence-corrected chi connectivity index (χ2v) is 17.5. The Balaban J connectivity index is 1.21. The summed E-state index contributed by atoms with van der Waals surface area (Å²) in [5.41, 5.74) is 3.60. The Morgan fingerprint density at radius 1 is 0.492 bits per heavy atom. The molecule has 0 spiro atoms. The summed E-state index contributed by atoms with van der Waals surface area (Å²) >= 11 is 0. The van der Waals surface area contributed by atoms with Crippen molar-refractivity contribution < 1.29 is 52.8 Å². The number of aliphatic hydroxyl groups is 2. The minimum Gasteiger partial charge on any atom is -0.388 e. The van der Waals surface area contributed by atoms with Crippen LogP contribution in [0.15, 0.2) is 152 Å². The van der Waals surface area contributed by atoms with Crippen molar-refractivity contribution in [1.82, 2.24) is 0 Å². The lowest BCUT2D eigenvalue weighted by Gasteiger charge is -2.49. The molecule has 2 fully saturated rings. The zero-order valence-electron chi connectivity index (χ0n) is 38.0. The standard InChI is InChI=1S/C54H66O11/c1-5-44-48(62-37-46(55)54(3,4)56)50(60-34-42-27-17-9-18-28-42)51(61-35-43-29-19-10-20-30-43)53(63-44)65-52-38(2)47(58-32-40-23-13-7-14-24-40)49(59-33-41-25-15-8-16-26-41)45(64-52)36-57-31-39-21-11-6-12-22-39/h6-30,38,44-53,55-56H,5,31-37H2,1-4H3/t38?,44?,45-,46+,47?,48-,49-,50+,51?,52-,53-/m1/s1. The first kappa shape index (κ1) is 48.6. The molecule has 2 N–H and O–H groups in total. The van der Waals surface area contributed by atoms with Gasteiger partial charge in [0.2, 0.25) is 0 Å². The molecule has 11 heteroatoms. The summed E-state index contributed by atoms with van der Waals surface area (Å²) in [6, 6.07) is 50.0. The van der Waals surface area contributed by atoms with E-state index in [9.17, 15) is 10.2 Å². The monoisotopic (exact) mass is 890 g/mol. The third-order valence-corrected chi connectivity index (χ3v) is 12.0. The van der Waals surface area contributed by atoms with Gasteiger partial charge in [-0.25, -0.2) is 0 Å². The summed E-state index contributed by atoms with van der Waals surface area (Å²) in [6.45, 7) is 8.74. The van der Waals surface area contributed by atoms with E-state index in [0.717, 1.165) is 27.8 Å². The molecule has 348 valence electrons. The summed E-state index contributed by atoms with van der Waals surface area (Å²) in [5.74, 6) is -0.372. The van der Waals surface area contributed by atoms with Crippen LogP contribution in [0.5, 0.6) is 0 Å². The van der Waals surface area contributed by atoms with Gasteiger partial charge in [0.05, 0.1) is 64.1 Å². The minimum absolute atomic E-state index is 0.158. The van der Waals surface area contributed by atoms with Gasteiger partial charge >= 0.3 is 0 Å². The topological polar surface area (TPSA) is 124 Å². The molecule has 2 aliphatic heterocycles. The van der Waals surface area contributed by atoms with E-state index < -0.39 is 67.0 Å². The van der Waals surface area contributed by atoms with Crippen LogP contribution in [0.2, 0.25) is 0 Å². The molecule has 0 aliphatic carbocycles. The fraction of sp³-hybridized carbons (Fsp3) is 0.444. The van der Waals surface area contributed by atoms with Gasteiger partial charge < -0.3 is 52.8 Å². The predicted molar refractivity (Wildman–Crippen MR) is 246 cm³/mol. The lowest BCUT2D eigenvalue weighted by Crippen LogP contribution is -2.63. The Hall–Kier alpha value is -4.34. The smallest absolute Gasteiger partial charge is 0.189 e. The molecule has 5 aromatic carbocycles. The van der Waals surface area contributed by atoms with E-state index in [0.29, 0.717) is 26.2 Å². The minimum atomic E-state index is -1.40. The van der Waals surface area contributed by atoms with Crippen molar-refractivity contribution in [3.05, 3.63) is 179 Å². The van der Waals surface area contributed by atoms with E-state index in [1.165, 1.54) is 0 Å². The lowest BCUT2D eigenvalue weighted by atomic mass is 9.91. The van der Waals surface area contributed by atoms with Crippen molar-refractivity contribution in [1.29, 1.82) is 0 Å². The fourth-order valence-electron chi connectivity index (χ4n) is 8.13. The second-order valence-electron chi connectivity index (χ2n) is 17.5. The van der Waals surface area contributed by atoms with Crippen molar-refractivity contribution in [2.75, 3.05) is 13.2 Å². The SMILES string of the molecule is CCC1O[C@H](O[C@H]2O[C@H](COCc3ccccc3)[C@@H](OCc3ccccc3)C(OCc3ccccc3)C2C)C(OCc2ccccc2)[C@@H](OCc2ccccc2)[C@@H]1OC[C@H](O)C(C)(C)O. The number of benzene rings is 5. The molecule has 65 heavy (non-hydrogen) atoms. The summed E-state index contributed by atoms with van der Waals surface area (Å²) in [6.07, 6.45) is -7.00. The molecule has 7 rings (SSSR count). The zero-order chi connectivity index (χ0) is 45.4. The summed E-state index contributed by atoms with van der Waals surface area (Å²) in [4.78, 5) is 0. The molecule has 0 saturated carbocycles. The maximum atomic E-state index is 10.9. The maximum absolute atomic E-state index is 10.9. The van der Waals surface area contributed by atoms with E-state index in [-0.39, 0.29) is 32.3 Å². The first-order valence-corrected chi connectivity index (χ1v) is 22.9. The third kappa shape index (κ3) is 14.1. The van der Waals surface area contributed by atoms with Crippen molar-refractivity contribution in [3.63, 3.8) is 0 Å². The molecule has 0 radical (unpaired) electrons. The normalized spacial score (nSPS) is 26.4. The Bertz CT molecular complexity index is 2050. The Morgan fingerprint density at radius 2 is 0.877 bits per heavy atom. The Kier molecular flexibility index (Phi) is 18.3. The summed E-state index contributed by atoms with van der Waals surface area (Å²) < 4.78 is 61.2. The van der Waals surface area contributed by atoms with Crippen LogP contribution in [-0.4, -0.2) is 90.4 Å². The highest BCUT2D eigenvalue weighted by Gasteiger charge is 2.52. The molecule has 0 bridgehead atoms. The number of hydrogen-bond donors (Lipinski definition) is 2. The van der Waals surface area contributed by atoms with Gasteiger partial charge in [0.1, 0.15) is 36.6 Å². The molecule has 2 heterocycles. The maximum Gasteiger partial charge on any atom is 0.189 e. The van der Waals surface area contributed by atoms with Gasteiger partial charge in [-0.1, -0.05) is 166 Å². The molecule has 11 atom stereocenters. The number of ether oxygens (including phenoxy) is 9. The molecule has 0 amide bonds. The van der Waals surface area contributed by atoms with Crippen LogP contribution in [0.4, 0.5) is 0 Å². The molecule has 4 unspecified atom stereocenters. The van der Waals surface area contributed by atoms with Gasteiger partial charge in [-0.15, -0.1) is 0 Å². The first-order chi connectivity index (χ1) is 31.7.